The first-order chi connectivity index (χ1) is 14.6. The molecule has 1 aliphatic carbocycles. The number of nitrogens with zero attached hydrogens (tertiary/aromatic N) is 2. The van der Waals surface area contributed by atoms with E-state index in [0.717, 1.165) is 17.5 Å². The highest BCUT2D eigenvalue weighted by atomic mass is 19.4. The highest BCUT2D eigenvalue weighted by Gasteiger charge is 2.32. The molecule has 1 aromatic heterocycles. The third kappa shape index (κ3) is 6.80. The van der Waals surface area contributed by atoms with E-state index in [0.29, 0.717) is 12.8 Å². The molecule has 3 rings (SSSR count). The van der Waals surface area contributed by atoms with Gasteiger partial charge in [-0.2, -0.15) is 13.2 Å². The molecular formula is C21H24F4N4O2. The summed E-state index contributed by atoms with van der Waals surface area (Å²) < 4.78 is 56.3. The Hall–Kier alpha value is -2.91. The van der Waals surface area contributed by atoms with Crippen LogP contribution in [0.5, 0.6) is 0 Å². The van der Waals surface area contributed by atoms with Crippen LogP contribution in [0.15, 0.2) is 30.6 Å². The monoisotopic (exact) mass is 440 g/mol. The Bertz CT molecular complexity index is 905. The van der Waals surface area contributed by atoms with E-state index in [9.17, 15) is 22.4 Å². The minimum absolute atomic E-state index is 0.0653. The number of amides is 1. The summed E-state index contributed by atoms with van der Waals surface area (Å²) in [5, 5.41) is 5.04. The van der Waals surface area contributed by atoms with Crippen LogP contribution in [-0.4, -0.2) is 34.4 Å². The number of rotatable bonds is 6. The molecule has 1 amide bonds. The normalized spacial score (nSPS) is 19.7. The number of aryl methyl sites for hydroxylation is 1. The maximum Gasteiger partial charge on any atom is 0.407 e. The van der Waals surface area contributed by atoms with Crippen molar-refractivity contribution in [3.05, 3.63) is 47.5 Å². The lowest BCUT2D eigenvalue weighted by Gasteiger charge is -2.18. The van der Waals surface area contributed by atoms with E-state index in [4.69, 9.17) is 4.74 Å². The average Bonchev–Trinajstić information content (AvgIpc) is 3.11. The molecule has 2 N–H and O–H groups in total. The van der Waals surface area contributed by atoms with E-state index in [1.54, 1.807) is 31.5 Å². The van der Waals surface area contributed by atoms with E-state index in [2.05, 4.69) is 20.6 Å². The summed E-state index contributed by atoms with van der Waals surface area (Å²) in [6.45, 7) is 3.07. The number of nitrogens with one attached hydrogen (secondary N) is 2. The summed E-state index contributed by atoms with van der Waals surface area (Å²) in [5.41, 5.74) is 1.94. The molecule has 0 unspecified atom stereocenters. The van der Waals surface area contributed by atoms with E-state index in [-0.39, 0.29) is 23.7 Å². The van der Waals surface area contributed by atoms with Gasteiger partial charge in [0.05, 0.1) is 12.1 Å². The quantitative estimate of drug-likeness (QED) is 0.591. The topological polar surface area (TPSA) is 76.1 Å². The molecule has 1 aliphatic rings. The van der Waals surface area contributed by atoms with Crippen LogP contribution in [0.1, 0.15) is 49.7 Å². The zero-order valence-corrected chi connectivity index (χ0v) is 17.2. The Morgan fingerprint density at radius 2 is 1.97 bits per heavy atom. The van der Waals surface area contributed by atoms with Gasteiger partial charge in [0, 0.05) is 18.4 Å². The van der Waals surface area contributed by atoms with Crippen molar-refractivity contribution >= 4 is 17.7 Å². The Kier molecular flexibility index (Phi) is 6.97. The fourth-order valence-electron chi connectivity index (χ4n) is 3.59. The summed E-state index contributed by atoms with van der Waals surface area (Å²) in [5.74, 6) is -0.0721. The van der Waals surface area contributed by atoms with Gasteiger partial charge in [0.1, 0.15) is 11.9 Å². The van der Waals surface area contributed by atoms with Crippen LogP contribution in [-0.2, 0) is 4.74 Å². The predicted octanol–water partition coefficient (Wildman–Crippen LogP) is 5.37. The minimum Gasteiger partial charge on any atom is -0.446 e. The molecule has 3 atom stereocenters. The molecule has 10 heteroatoms. The van der Waals surface area contributed by atoms with Gasteiger partial charge in [0.15, 0.2) is 0 Å². The van der Waals surface area contributed by atoms with E-state index < -0.39 is 30.5 Å². The lowest BCUT2D eigenvalue weighted by molar-refractivity contribution is -0.138. The third-order valence-corrected chi connectivity index (χ3v) is 5.07. The number of halogens is 4. The molecule has 0 bridgehead atoms. The number of hydrogen-bond acceptors (Lipinski definition) is 5. The molecule has 168 valence electrons. The van der Waals surface area contributed by atoms with Gasteiger partial charge in [0.2, 0.25) is 5.95 Å². The number of hydrogen-bond donors (Lipinski definition) is 2. The summed E-state index contributed by atoms with van der Waals surface area (Å²) in [7, 11) is 0. The van der Waals surface area contributed by atoms with Crippen molar-refractivity contribution < 1.29 is 27.1 Å². The predicted molar refractivity (Wildman–Crippen MR) is 107 cm³/mol. The smallest absolute Gasteiger partial charge is 0.407 e. The van der Waals surface area contributed by atoms with Gasteiger partial charge in [-0.25, -0.2) is 19.2 Å². The van der Waals surface area contributed by atoms with Crippen LogP contribution in [0.25, 0.3) is 0 Å². The number of carbonyl (C=O) groups is 1. The van der Waals surface area contributed by atoms with Crippen molar-refractivity contribution in [3.63, 3.8) is 0 Å². The van der Waals surface area contributed by atoms with Crippen LogP contribution < -0.4 is 10.6 Å². The second kappa shape index (κ2) is 9.49. The van der Waals surface area contributed by atoms with Crippen LogP contribution in [0.2, 0.25) is 0 Å². The Morgan fingerprint density at radius 3 is 2.61 bits per heavy atom. The van der Waals surface area contributed by atoms with Crippen molar-refractivity contribution in [2.75, 3.05) is 5.32 Å². The highest BCUT2D eigenvalue weighted by Crippen LogP contribution is 2.35. The van der Waals surface area contributed by atoms with Crippen LogP contribution >= 0.6 is 0 Å². The van der Waals surface area contributed by atoms with Crippen molar-refractivity contribution in [2.24, 2.45) is 0 Å². The van der Waals surface area contributed by atoms with E-state index >= 15 is 0 Å². The van der Waals surface area contributed by atoms with Crippen molar-refractivity contribution in [1.82, 2.24) is 15.3 Å². The maximum atomic E-state index is 13.9. The molecule has 1 aromatic carbocycles. The lowest BCUT2D eigenvalue weighted by atomic mass is 10.0. The van der Waals surface area contributed by atoms with Crippen LogP contribution in [0.3, 0.4) is 0 Å². The molecule has 0 aliphatic heterocycles. The van der Waals surface area contributed by atoms with Gasteiger partial charge >= 0.3 is 12.3 Å². The molecule has 1 fully saturated rings. The molecule has 0 saturated heterocycles. The number of carbonyl (C=O) groups excluding carboxylic acids is 1. The number of ether oxygens (including phenoxy) is 1. The molecule has 0 radical (unpaired) electrons. The highest BCUT2D eigenvalue weighted by molar-refractivity contribution is 5.67. The SMILES string of the molecule is Cc1ccc(Nc2ncc([C@H]3CC[C@@H](OC(=O)N[C@@H](C)CC(F)(F)F)C3)cn2)c(F)c1. The Balaban J connectivity index is 1.50. The van der Waals surface area contributed by atoms with Gasteiger partial charge in [-0.05, 0) is 62.3 Å². The number of anilines is 2. The van der Waals surface area contributed by atoms with E-state index in [1.165, 1.54) is 13.0 Å². The van der Waals surface area contributed by atoms with E-state index in [1.807, 2.05) is 0 Å². The first-order valence-electron chi connectivity index (χ1n) is 9.98. The first kappa shape index (κ1) is 22.8. The second-order valence-electron chi connectivity index (χ2n) is 7.85. The first-order valence-corrected chi connectivity index (χ1v) is 9.98. The zero-order chi connectivity index (χ0) is 22.6. The molecular weight excluding hydrogens is 416 g/mol. The summed E-state index contributed by atoms with van der Waals surface area (Å²) >= 11 is 0. The fourth-order valence-corrected chi connectivity index (χ4v) is 3.59. The van der Waals surface area contributed by atoms with Crippen molar-refractivity contribution in [2.45, 2.75) is 63.8 Å². The summed E-state index contributed by atoms with van der Waals surface area (Å²) in [6, 6.07) is 3.74. The molecule has 31 heavy (non-hydrogen) atoms. The number of alkyl carbamates (subject to hydrolysis) is 1. The largest absolute Gasteiger partial charge is 0.446 e. The van der Waals surface area contributed by atoms with Gasteiger partial charge < -0.3 is 15.4 Å². The summed E-state index contributed by atoms with van der Waals surface area (Å²) in [6.07, 6.45) is -1.55. The average molecular weight is 440 g/mol. The lowest BCUT2D eigenvalue weighted by Crippen LogP contribution is -2.37. The molecule has 0 spiro atoms. The zero-order valence-electron chi connectivity index (χ0n) is 17.2. The van der Waals surface area contributed by atoms with Gasteiger partial charge in [-0.3, -0.25) is 0 Å². The summed E-state index contributed by atoms with van der Waals surface area (Å²) in [4.78, 5) is 20.3. The second-order valence-corrected chi connectivity index (χ2v) is 7.85. The molecule has 1 saturated carbocycles. The number of alkyl halides is 3. The molecule has 2 aromatic rings. The number of benzene rings is 1. The van der Waals surface area contributed by atoms with Gasteiger partial charge in [0.25, 0.3) is 0 Å². The van der Waals surface area contributed by atoms with Crippen molar-refractivity contribution in [3.8, 4) is 0 Å². The van der Waals surface area contributed by atoms with Crippen LogP contribution in [0, 0.1) is 12.7 Å². The van der Waals surface area contributed by atoms with Gasteiger partial charge in [-0.1, -0.05) is 6.07 Å². The van der Waals surface area contributed by atoms with Gasteiger partial charge in [-0.15, -0.1) is 0 Å². The minimum atomic E-state index is -4.35. The standard InChI is InChI=1S/C21H24F4N4O2/c1-12-3-6-18(17(22)7-12)29-19-26-10-15(11-27-19)14-4-5-16(8-14)31-20(30)28-13(2)9-21(23,24)25/h3,6-7,10-11,13-14,16H,4-5,8-9H2,1-2H3,(H,28,30)(H,26,27,29)/t13-,14-,16+/m0/s1. The molecule has 6 nitrogen and oxygen atoms in total. The third-order valence-electron chi connectivity index (χ3n) is 5.07. The fraction of sp³-hybridized carbons (Fsp3) is 0.476. The van der Waals surface area contributed by atoms with Crippen LogP contribution in [0.4, 0.5) is 34.0 Å². The Morgan fingerprint density at radius 1 is 1.26 bits per heavy atom. The van der Waals surface area contributed by atoms with Crippen molar-refractivity contribution in [1.29, 1.82) is 0 Å². The number of aromatic nitrogens is 2. The maximum absolute atomic E-state index is 13.9. The Labute approximate surface area is 177 Å². The molecule has 1 heterocycles.